The first-order valence-corrected chi connectivity index (χ1v) is 9.49. The number of benzene rings is 2. The minimum atomic E-state index is -0.646. The highest BCUT2D eigenvalue weighted by Crippen LogP contribution is 2.21. The Morgan fingerprint density at radius 1 is 1.24 bits per heavy atom. The van der Waals surface area contributed by atoms with Crippen molar-refractivity contribution in [1.29, 1.82) is 0 Å². The van der Waals surface area contributed by atoms with E-state index < -0.39 is 11.9 Å². The number of fused-ring (bicyclic) bond motifs is 1. The van der Waals surface area contributed by atoms with Crippen LogP contribution in [0.5, 0.6) is 0 Å². The van der Waals surface area contributed by atoms with Crippen molar-refractivity contribution in [2.45, 2.75) is 32.4 Å². The van der Waals surface area contributed by atoms with Gasteiger partial charge in [0, 0.05) is 16.9 Å². The Bertz CT molecular complexity index is 1080. The number of nitrogens with one attached hydrogen (secondary N) is 2. The van der Waals surface area contributed by atoms with E-state index in [2.05, 4.69) is 15.7 Å². The summed E-state index contributed by atoms with van der Waals surface area (Å²) >= 11 is 0. The molecule has 0 bridgehead atoms. The number of anilines is 1. The van der Waals surface area contributed by atoms with Gasteiger partial charge in [-0.15, -0.1) is 0 Å². The Kier molecular flexibility index (Phi) is 5.12. The van der Waals surface area contributed by atoms with Crippen molar-refractivity contribution in [2.75, 3.05) is 5.32 Å². The summed E-state index contributed by atoms with van der Waals surface area (Å²) in [5, 5.41) is 9.94. The fraction of sp³-hybridized carbons (Fsp3) is 0.227. The number of nitrogens with zero attached hydrogens (tertiary/aromatic N) is 2. The molecule has 0 spiro atoms. The molecule has 1 unspecified atom stereocenters. The molecule has 0 fully saturated rings. The highest BCUT2D eigenvalue weighted by Gasteiger charge is 2.26. The number of hydrogen-bond acceptors (Lipinski definition) is 3. The summed E-state index contributed by atoms with van der Waals surface area (Å²) in [5.41, 5.74) is 3.25. The minimum absolute atomic E-state index is 0.202. The van der Waals surface area contributed by atoms with Gasteiger partial charge in [0.1, 0.15) is 17.6 Å². The first-order chi connectivity index (χ1) is 14.0. The van der Waals surface area contributed by atoms with E-state index in [-0.39, 0.29) is 24.0 Å². The third-order valence-electron chi connectivity index (χ3n) is 5.09. The van der Waals surface area contributed by atoms with E-state index in [9.17, 15) is 14.0 Å². The fourth-order valence-corrected chi connectivity index (χ4v) is 3.45. The lowest BCUT2D eigenvalue weighted by Crippen LogP contribution is -2.43. The number of carbonyl (C=O) groups excluding carboxylic acids is 2. The molecule has 29 heavy (non-hydrogen) atoms. The molecule has 6 nitrogen and oxygen atoms in total. The van der Waals surface area contributed by atoms with E-state index in [1.54, 1.807) is 35.9 Å². The van der Waals surface area contributed by atoms with Crippen LogP contribution in [0.2, 0.25) is 0 Å². The Morgan fingerprint density at radius 3 is 2.83 bits per heavy atom. The predicted octanol–water partition coefficient (Wildman–Crippen LogP) is 3.06. The second-order valence-electron chi connectivity index (χ2n) is 7.13. The maximum Gasteiger partial charge on any atom is 0.272 e. The first kappa shape index (κ1) is 18.9. The van der Waals surface area contributed by atoms with Crippen LogP contribution < -0.4 is 10.6 Å². The summed E-state index contributed by atoms with van der Waals surface area (Å²) in [6.07, 6.45) is 1.18. The van der Waals surface area contributed by atoms with Crippen LogP contribution in [0.4, 0.5) is 10.1 Å². The third-order valence-corrected chi connectivity index (χ3v) is 5.09. The van der Waals surface area contributed by atoms with E-state index in [1.807, 2.05) is 24.3 Å². The smallest absolute Gasteiger partial charge is 0.272 e. The van der Waals surface area contributed by atoms with E-state index in [4.69, 9.17) is 0 Å². The molecule has 2 N–H and O–H groups in total. The van der Waals surface area contributed by atoms with Crippen LogP contribution >= 0.6 is 0 Å². The first-order valence-electron chi connectivity index (χ1n) is 9.49. The average Bonchev–Trinajstić information content (AvgIpc) is 3.00. The number of carbonyl (C=O) groups is 2. The van der Waals surface area contributed by atoms with Crippen molar-refractivity contribution >= 4 is 17.5 Å². The molecule has 4 rings (SSSR count). The Labute approximate surface area is 167 Å². The summed E-state index contributed by atoms with van der Waals surface area (Å²) in [5.74, 6) is -0.986. The molecular formula is C22H21FN4O2. The van der Waals surface area contributed by atoms with Crippen LogP contribution in [0.1, 0.15) is 33.7 Å². The zero-order valence-electron chi connectivity index (χ0n) is 16.0. The van der Waals surface area contributed by atoms with Gasteiger partial charge < -0.3 is 10.6 Å². The largest absolute Gasteiger partial charge is 0.339 e. The highest BCUT2D eigenvalue weighted by molar-refractivity contribution is 6.01. The van der Waals surface area contributed by atoms with Crippen molar-refractivity contribution in [1.82, 2.24) is 15.1 Å². The maximum atomic E-state index is 13.9. The van der Waals surface area contributed by atoms with E-state index in [0.29, 0.717) is 18.4 Å². The molecule has 2 aromatic carbocycles. The molecule has 2 heterocycles. The van der Waals surface area contributed by atoms with Crippen LogP contribution in [0, 0.1) is 12.7 Å². The van der Waals surface area contributed by atoms with Crippen molar-refractivity contribution < 1.29 is 14.0 Å². The second kappa shape index (κ2) is 7.87. The number of halogens is 1. The number of aryl methyl sites for hydroxylation is 2. The van der Waals surface area contributed by atoms with Gasteiger partial charge in [-0.2, -0.15) is 5.10 Å². The number of amides is 2. The van der Waals surface area contributed by atoms with Gasteiger partial charge >= 0.3 is 0 Å². The van der Waals surface area contributed by atoms with Gasteiger partial charge in [0.15, 0.2) is 0 Å². The summed E-state index contributed by atoms with van der Waals surface area (Å²) < 4.78 is 15.5. The Balaban J connectivity index is 1.47. The summed E-state index contributed by atoms with van der Waals surface area (Å²) in [4.78, 5) is 25.2. The molecule has 7 heteroatoms. The van der Waals surface area contributed by atoms with Gasteiger partial charge in [0.25, 0.3) is 5.91 Å². The summed E-state index contributed by atoms with van der Waals surface area (Å²) in [6.45, 7) is 2.03. The molecule has 148 valence electrons. The fourth-order valence-electron chi connectivity index (χ4n) is 3.45. The van der Waals surface area contributed by atoms with Gasteiger partial charge in [-0.3, -0.25) is 14.3 Å². The molecule has 1 aromatic heterocycles. The third kappa shape index (κ3) is 4.03. The maximum absolute atomic E-state index is 13.9. The molecule has 1 aliphatic heterocycles. The number of hydrogen-bond donors (Lipinski definition) is 2. The van der Waals surface area contributed by atoms with Gasteiger partial charge in [0.2, 0.25) is 5.91 Å². The van der Waals surface area contributed by atoms with Crippen LogP contribution in [0.15, 0.2) is 54.6 Å². The van der Waals surface area contributed by atoms with E-state index >= 15 is 0 Å². The van der Waals surface area contributed by atoms with Crippen molar-refractivity contribution in [3.05, 3.63) is 82.9 Å². The lowest BCUT2D eigenvalue weighted by Gasteiger charge is -2.14. The number of aromatic nitrogens is 2. The van der Waals surface area contributed by atoms with Crippen molar-refractivity contribution in [3.63, 3.8) is 0 Å². The van der Waals surface area contributed by atoms with E-state index in [0.717, 1.165) is 16.9 Å². The molecule has 1 aliphatic rings. The van der Waals surface area contributed by atoms with Crippen LogP contribution in [-0.4, -0.2) is 27.6 Å². The van der Waals surface area contributed by atoms with Crippen molar-refractivity contribution in [2.24, 2.45) is 0 Å². The topological polar surface area (TPSA) is 76.0 Å². The lowest BCUT2D eigenvalue weighted by molar-refractivity contribution is -0.118. The predicted molar refractivity (Wildman–Crippen MR) is 107 cm³/mol. The highest BCUT2D eigenvalue weighted by atomic mass is 19.1. The van der Waals surface area contributed by atoms with Gasteiger partial charge in [-0.05, 0) is 43.5 Å². The standard InChI is InChI=1S/C22H21FN4O2/c1-14-12-20(26-27(14)13-16-7-2-4-8-17(16)23)22(29)25-19-11-10-15-6-3-5-9-18(15)24-21(19)28/h2-9,12,19H,10-11,13H2,1H3,(H,24,28)(H,25,29). The summed E-state index contributed by atoms with van der Waals surface area (Å²) in [6, 6.07) is 15.1. The number of rotatable bonds is 4. The van der Waals surface area contributed by atoms with Gasteiger partial charge in [-0.25, -0.2) is 4.39 Å². The van der Waals surface area contributed by atoms with Gasteiger partial charge in [0.05, 0.1) is 6.54 Å². The molecular weight excluding hydrogens is 371 g/mol. The van der Waals surface area contributed by atoms with Gasteiger partial charge in [-0.1, -0.05) is 36.4 Å². The van der Waals surface area contributed by atoms with Crippen LogP contribution in [-0.2, 0) is 17.8 Å². The molecule has 0 saturated carbocycles. The zero-order valence-corrected chi connectivity index (χ0v) is 16.0. The molecule has 0 radical (unpaired) electrons. The summed E-state index contributed by atoms with van der Waals surface area (Å²) in [7, 11) is 0. The minimum Gasteiger partial charge on any atom is -0.339 e. The Hall–Kier alpha value is -3.48. The number of para-hydroxylation sites is 1. The quantitative estimate of drug-likeness (QED) is 0.717. The monoisotopic (exact) mass is 392 g/mol. The Morgan fingerprint density at radius 2 is 2.00 bits per heavy atom. The molecule has 1 atom stereocenters. The molecule has 3 aromatic rings. The normalized spacial score (nSPS) is 15.9. The second-order valence-corrected chi connectivity index (χ2v) is 7.13. The van der Waals surface area contributed by atoms with Crippen LogP contribution in [0.3, 0.4) is 0 Å². The average molecular weight is 392 g/mol. The molecule has 0 saturated heterocycles. The zero-order chi connectivity index (χ0) is 20.4. The molecule has 0 aliphatic carbocycles. The van der Waals surface area contributed by atoms with E-state index in [1.165, 1.54) is 6.07 Å². The molecule has 2 amide bonds. The lowest BCUT2D eigenvalue weighted by atomic mass is 10.1. The van der Waals surface area contributed by atoms with Crippen molar-refractivity contribution in [3.8, 4) is 0 Å². The van der Waals surface area contributed by atoms with Crippen LogP contribution in [0.25, 0.3) is 0 Å². The SMILES string of the molecule is Cc1cc(C(=O)NC2CCc3ccccc3NC2=O)nn1Cc1ccccc1F.